The van der Waals surface area contributed by atoms with Crippen molar-refractivity contribution >= 4 is 21.8 Å². The average Bonchev–Trinajstić information content (AvgIpc) is 3.29. The molecular formula is C53H36N4. The minimum Gasteiger partial charge on any atom is -0.251 e. The van der Waals surface area contributed by atoms with E-state index in [4.69, 9.17) is 19.9 Å². The van der Waals surface area contributed by atoms with Crippen LogP contribution in [-0.2, 0) is 0 Å². The second kappa shape index (κ2) is 14.6. The fourth-order valence-corrected chi connectivity index (χ4v) is 7.66. The van der Waals surface area contributed by atoms with Crippen molar-refractivity contribution in [1.82, 2.24) is 19.9 Å². The van der Waals surface area contributed by atoms with Crippen LogP contribution in [0.15, 0.2) is 200 Å². The molecule has 0 radical (unpaired) electrons. The van der Waals surface area contributed by atoms with Gasteiger partial charge in [0, 0.05) is 38.7 Å². The summed E-state index contributed by atoms with van der Waals surface area (Å²) >= 11 is 0. The summed E-state index contributed by atoms with van der Waals surface area (Å²) in [5, 5.41) is 2.15. The standard InChI is InChI=1S/C53H36N4/c1-35-31-47(46-29-27-41-28-30-48(38-15-7-3-8-16-38)55-51(41)52(46)54-35)44-21-11-19-42(32-44)43-20-12-22-45(33-43)53-56-49(39-17-9-4-10-18-39)34-50(57-53)40-25-23-37(24-26-40)36-13-5-2-6-14-36/h2-34H,1H3. The number of hydrogen-bond acceptors (Lipinski definition) is 4. The van der Waals surface area contributed by atoms with Crippen molar-refractivity contribution in [2.45, 2.75) is 6.92 Å². The van der Waals surface area contributed by atoms with E-state index in [1.54, 1.807) is 0 Å². The first-order valence-electron chi connectivity index (χ1n) is 19.2. The van der Waals surface area contributed by atoms with Gasteiger partial charge in [-0.15, -0.1) is 0 Å². The average molecular weight is 729 g/mol. The predicted octanol–water partition coefficient (Wildman–Crippen LogP) is 13.6. The number of aryl methyl sites for hydroxylation is 1. The van der Waals surface area contributed by atoms with Gasteiger partial charge in [-0.1, -0.05) is 170 Å². The van der Waals surface area contributed by atoms with Gasteiger partial charge in [0.1, 0.15) is 0 Å². The Bertz CT molecular complexity index is 3050. The van der Waals surface area contributed by atoms with E-state index in [9.17, 15) is 0 Å². The monoisotopic (exact) mass is 728 g/mol. The lowest BCUT2D eigenvalue weighted by Gasteiger charge is -2.13. The summed E-state index contributed by atoms with van der Waals surface area (Å²) in [7, 11) is 0. The van der Waals surface area contributed by atoms with Gasteiger partial charge in [0.05, 0.1) is 28.1 Å². The second-order valence-corrected chi connectivity index (χ2v) is 14.3. The first-order chi connectivity index (χ1) is 28.1. The Labute approximate surface area is 331 Å². The van der Waals surface area contributed by atoms with Gasteiger partial charge in [0.15, 0.2) is 5.82 Å². The molecule has 0 aliphatic heterocycles. The Hall–Kier alpha value is -7.56. The molecule has 0 fully saturated rings. The van der Waals surface area contributed by atoms with Crippen LogP contribution in [0.25, 0.3) is 100 Å². The van der Waals surface area contributed by atoms with E-state index < -0.39 is 0 Å². The summed E-state index contributed by atoms with van der Waals surface area (Å²) in [6, 6.07) is 69.9. The van der Waals surface area contributed by atoms with Gasteiger partial charge in [-0.25, -0.2) is 15.0 Å². The molecule has 4 nitrogen and oxygen atoms in total. The molecule has 57 heavy (non-hydrogen) atoms. The summed E-state index contributed by atoms with van der Waals surface area (Å²) in [6.45, 7) is 2.06. The Morgan fingerprint density at radius 2 is 0.789 bits per heavy atom. The SMILES string of the molecule is Cc1cc(-c2cccc(-c3cccc(-c4nc(-c5ccccc5)cc(-c5ccc(-c6ccccc6)cc5)n4)c3)c2)c2ccc3ccc(-c4ccccc4)nc3c2n1. The van der Waals surface area contributed by atoms with Gasteiger partial charge < -0.3 is 0 Å². The highest BCUT2D eigenvalue weighted by molar-refractivity contribution is 6.09. The number of fused-ring (bicyclic) bond motifs is 3. The molecule has 0 bridgehead atoms. The van der Waals surface area contributed by atoms with Gasteiger partial charge in [0.25, 0.3) is 0 Å². The van der Waals surface area contributed by atoms with E-state index in [0.717, 1.165) is 89.1 Å². The van der Waals surface area contributed by atoms with E-state index in [2.05, 4.69) is 165 Å². The number of pyridine rings is 2. The van der Waals surface area contributed by atoms with E-state index in [0.29, 0.717) is 5.82 Å². The van der Waals surface area contributed by atoms with E-state index in [1.807, 2.05) is 42.5 Å². The molecule has 0 aliphatic carbocycles. The number of benzene rings is 7. The Morgan fingerprint density at radius 1 is 0.298 bits per heavy atom. The molecule has 3 aromatic heterocycles. The van der Waals surface area contributed by atoms with Gasteiger partial charge in [0.2, 0.25) is 0 Å². The number of nitrogens with zero attached hydrogens (tertiary/aromatic N) is 4. The van der Waals surface area contributed by atoms with E-state index in [1.165, 1.54) is 11.1 Å². The van der Waals surface area contributed by atoms with Crippen LogP contribution in [0.2, 0.25) is 0 Å². The normalized spacial score (nSPS) is 11.2. The lowest BCUT2D eigenvalue weighted by atomic mass is 9.95. The van der Waals surface area contributed by atoms with Crippen molar-refractivity contribution < 1.29 is 0 Å². The Balaban J connectivity index is 1.04. The molecule has 10 aromatic rings. The molecule has 0 saturated carbocycles. The smallest absolute Gasteiger partial charge is 0.160 e. The fourth-order valence-electron chi connectivity index (χ4n) is 7.66. The molecule has 0 amide bonds. The van der Waals surface area contributed by atoms with Gasteiger partial charge >= 0.3 is 0 Å². The second-order valence-electron chi connectivity index (χ2n) is 14.3. The maximum absolute atomic E-state index is 5.17. The first kappa shape index (κ1) is 34.0. The van der Waals surface area contributed by atoms with Crippen LogP contribution in [0.4, 0.5) is 0 Å². The van der Waals surface area contributed by atoms with Crippen LogP contribution in [-0.4, -0.2) is 19.9 Å². The van der Waals surface area contributed by atoms with Gasteiger partial charge in [-0.2, -0.15) is 0 Å². The largest absolute Gasteiger partial charge is 0.251 e. The minimum atomic E-state index is 0.682. The maximum Gasteiger partial charge on any atom is 0.160 e. The third-order valence-corrected chi connectivity index (χ3v) is 10.5. The van der Waals surface area contributed by atoms with E-state index >= 15 is 0 Å². The van der Waals surface area contributed by atoms with Crippen molar-refractivity contribution in [2.24, 2.45) is 0 Å². The number of hydrogen-bond donors (Lipinski definition) is 0. The first-order valence-corrected chi connectivity index (χ1v) is 19.2. The summed E-state index contributed by atoms with van der Waals surface area (Å²) in [5.74, 6) is 0.682. The topological polar surface area (TPSA) is 51.6 Å². The predicted molar refractivity (Wildman–Crippen MR) is 235 cm³/mol. The summed E-state index contributed by atoms with van der Waals surface area (Å²) in [5.41, 5.74) is 16.4. The third kappa shape index (κ3) is 6.75. The van der Waals surface area contributed by atoms with Crippen LogP contribution in [0.1, 0.15) is 5.69 Å². The van der Waals surface area contributed by atoms with Gasteiger partial charge in [-0.3, -0.25) is 4.98 Å². The molecule has 0 unspecified atom stereocenters. The zero-order valence-electron chi connectivity index (χ0n) is 31.3. The molecule has 0 N–H and O–H groups in total. The molecule has 3 heterocycles. The highest BCUT2D eigenvalue weighted by Gasteiger charge is 2.15. The van der Waals surface area contributed by atoms with Crippen molar-refractivity contribution in [3.63, 3.8) is 0 Å². The number of aromatic nitrogens is 4. The highest BCUT2D eigenvalue weighted by atomic mass is 14.9. The molecule has 0 atom stereocenters. The van der Waals surface area contributed by atoms with Crippen LogP contribution in [0.3, 0.4) is 0 Å². The lowest BCUT2D eigenvalue weighted by Crippen LogP contribution is -1.96. The summed E-state index contributed by atoms with van der Waals surface area (Å²) < 4.78 is 0. The quantitative estimate of drug-likeness (QED) is 0.153. The molecule has 0 spiro atoms. The Kier molecular flexibility index (Phi) is 8.69. The molecule has 268 valence electrons. The molecule has 4 heteroatoms. The lowest BCUT2D eigenvalue weighted by molar-refractivity contribution is 1.18. The van der Waals surface area contributed by atoms with Crippen LogP contribution in [0.5, 0.6) is 0 Å². The third-order valence-electron chi connectivity index (χ3n) is 10.5. The fraction of sp³-hybridized carbons (Fsp3) is 0.0189. The maximum atomic E-state index is 5.17. The molecule has 0 saturated heterocycles. The van der Waals surface area contributed by atoms with Crippen molar-refractivity contribution in [3.05, 3.63) is 206 Å². The van der Waals surface area contributed by atoms with Crippen LogP contribution in [0, 0.1) is 6.92 Å². The van der Waals surface area contributed by atoms with Crippen molar-refractivity contribution in [3.8, 4) is 78.5 Å². The van der Waals surface area contributed by atoms with Crippen molar-refractivity contribution in [2.75, 3.05) is 0 Å². The number of rotatable bonds is 7. The molecular weight excluding hydrogens is 693 g/mol. The van der Waals surface area contributed by atoms with Gasteiger partial charge in [-0.05, 0) is 70.6 Å². The summed E-state index contributed by atoms with van der Waals surface area (Å²) in [6.07, 6.45) is 0. The zero-order valence-corrected chi connectivity index (χ0v) is 31.3. The molecule has 10 rings (SSSR count). The minimum absolute atomic E-state index is 0.682. The zero-order chi connectivity index (χ0) is 38.1. The van der Waals surface area contributed by atoms with Crippen molar-refractivity contribution in [1.29, 1.82) is 0 Å². The van der Waals surface area contributed by atoms with E-state index in [-0.39, 0.29) is 0 Å². The summed E-state index contributed by atoms with van der Waals surface area (Å²) in [4.78, 5) is 20.5. The highest BCUT2D eigenvalue weighted by Crippen LogP contribution is 2.36. The molecule has 7 aromatic carbocycles. The molecule has 0 aliphatic rings. The Morgan fingerprint density at radius 3 is 1.46 bits per heavy atom. The van der Waals surface area contributed by atoms with Crippen LogP contribution < -0.4 is 0 Å². The van der Waals surface area contributed by atoms with Crippen LogP contribution >= 0.6 is 0 Å².